The molecule has 1 aromatic carbocycles. The van der Waals surface area contributed by atoms with Gasteiger partial charge in [0.15, 0.2) is 0 Å². The van der Waals surface area contributed by atoms with Gasteiger partial charge in [0.25, 0.3) is 11.7 Å². The molecule has 0 unspecified atom stereocenters. The molecular weight excluding hydrogens is 229 g/mol. The molecule has 0 fully saturated rings. The molecule has 0 atom stereocenters. The number of benzene rings is 1. The number of para-hydroxylation sites is 1. The van der Waals surface area contributed by atoms with E-state index >= 15 is 0 Å². The SMILES string of the molecule is CSCCN1C(=O)C(=O)c2cccc(F)c21. The Bertz CT molecular complexity index is 461. The lowest BCUT2D eigenvalue weighted by molar-refractivity contribution is -0.114. The fourth-order valence-electron chi connectivity index (χ4n) is 1.71. The highest BCUT2D eigenvalue weighted by molar-refractivity contribution is 7.98. The van der Waals surface area contributed by atoms with Crippen molar-refractivity contribution in [3.8, 4) is 0 Å². The number of carbonyl (C=O) groups excluding carboxylic acids is 2. The molecule has 0 aliphatic carbocycles. The van der Waals surface area contributed by atoms with Crippen LogP contribution in [-0.4, -0.2) is 30.2 Å². The minimum absolute atomic E-state index is 0.131. The second-order valence-electron chi connectivity index (χ2n) is 3.41. The molecule has 1 heterocycles. The third kappa shape index (κ3) is 1.61. The predicted molar refractivity (Wildman–Crippen MR) is 61.5 cm³/mol. The quantitative estimate of drug-likeness (QED) is 0.754. The molecule has 84 valence electrons. The molecular formula is C11H10FNO2S. The number of fused-ring (bicyclic) bond motifs is 1. The van der Waals surface area contributed by atoms with E-state index in [1.807, 2.05) is 6.26 Å². The van der Waals surface area contributed by atoms with Crippen LogP contribution in [0.3, 0.4) is 0 Å². The van der Waals surface area contributed by atoms with Crippen molar-refractivity contribution < 1.29 is 14.0 Å². The monoisotopic (exact) mass is 239 g/mol. The van der Waals surface area contributed by atoms with E-state index in [0.717, 1.165) is 0 Å². The Morgan fingerprint density at radius 2 is 2.12 bits per heavy atom. The van der Waals surface area contributed by atoms with Gasteiger partial charge in [0.2, 0.25) is 0 Å². The molecule has 1 aromatic rings. The second-order valence-corrected chi connectivity index (χ2v) is 4.40. The second kappa shape index (κ2) is 4.25. The van der Waals surface area contributed by atoms with Crippen LogP contribution >= 0.6 is 11.8 Å². The summed E-state index contributed by atoms with van der Waals surface area (Å²) in [4.78, 5) is 24.4. The van der Waals surface area contributed by atoms with E-state index in [1.54, 1.807) is 11.8 Å². The van der Waals surface area contributed by atoms with Crippen LogP contribution in [0.5, 0.6) is 0 Å². The first-order chi connectivity index (χ1) is 7.66. The van der Waals surface area contributed by atoms with Crippen LogP contribution in [-0.2, 0) is 4.79 Å². The molecule has 0 aromatic heterocycles. The maximum Gasteiger partial charge on any atom is 0.299 e. The van der Waals surface area contributed by atoms with Gasteiger partial charge in [0.05, 0.1) is 11.3 Å². The van der Waals surface area contributed by atoms with E-state index in [1.165, 1.54) is 23.1 Å². The maximum absolute atomic E-state index is 13.6. The maximum atomic E-state index is 13.6. The van der Waals surface area contributed by atoms with Gasteiger partial charge in [-0.3, -0.25) is 9.59 Å². The normalized spacial score (nSPS) is 14.5. The molecule has 2 rings (SSSR count). The molecule has 3 nitrogen and oxygen atoms in total. The van der Waals surface area contributed by atoms with Crippen molar-refractivity contribution >= 4 is 29.1 Å². The minimum Gasteiger partial charge on any atom is -0.301 e. The first kappa shape index (κ1) is 11.1. The van der Waals surface area contributed by atoms with Gasteiger partial charge < -0.3 is 4.90 Å². The number of hydrogen-bond acceptors (Lipinski definition) is 3. The third-order valence-corrected chi connectivity index (χ3v) is 3.05. The number of ketones is 1. The van der Waals surface area contributed by atoms with Gasteiger partial charge in [-0.2, -0.15) is 11.8 Å². The lowest BCUT2D eigenvalue weighted by Gasteiger charge is -2.15. The lowest BCUT2D eigenvalue weighted by atomic mass is 10.1. The van der Waals surface area contributed by atoms with E-state index in [2.05, 4.69) is 0 Å². The third-order valence-electron chi connectivity index (χ3n) is 2.46. The van der Waals surface area contributed by atoms with E-state index in [9.17, 15) is 14.0 Å². The van der Waals surface area contributed by atoms with Gasteiger partial charge in [-0.15, -0.1) is 0 Å². The number of thioether (sulfide) groups is 1. The van der Waals surface area contributed by atoms with Gasteiger partial charge in [0, 0.05) is 12.3 Å². The molecule has 0 spiro atoms. The fraction of sp³-hybridized carbons (Fsp3) is 0.273. The van der Waals surface area contributed by atoms with Gasteiger partial charge in [-0.1, -0.05) is 6.07 Å². The molecule has 1 amide bonds. The van der Waals surface area contributed by atoms with Crippen LogP contribution in [0, 0.1) is 5.82 Å². The zero-order valence-electron chi connectivity index (χ0n) is 8.70. The Labute approximate surface area is 96.6 Å². The molecule has 16 heavy (non-hydrogen) atoms. The number of amides is 1. The highest BCUT2D eigenvalue weighted by Crippen LogP contribution is 2.31. The van der Waals surface area contributed by atoms with Crippen molar-refractivity contribution in [3.63, 3.8) is 0 Å². The summed E-state index contributed by atoms with van der Waals surface area (Å²) < 4.78 is 13.6. The van der Waals surface area contributed by atoms with Crippen LogP contribution in [0.2, 0.25) is 0 Å². The highest BCUT2D eigenvalue weighted by atomic mass is 32.2. The number of Topliss-reactive ketones (excluding diaryl/α,β-unsaturated/α-hetero) is 1. The Morgan fingerprint density at radius 1 is 1.38 bits per heavy atom. The largest absolute Gasteiger partial charge is 0.301 e. The molecule has 0 radical (unpaired) electrons. The van der Waals surface area contributed by atoms with E-state index < -0.39 is 17.5 Å². The summed E-state index contributed by atoms with van der Waals surface area (Å²) in [6.07, 6.45) is 1.89. The van der Waals surface area contributed by atoms with Crippen molar-refractivity contribution in [1.29, 1.82) is 0 Å². The number of carbonyl (C=O) groups is 2. The first-order valence-corrected chi connectivity index (χ1v) is 6.20. The van der Waals surface area contributed by atoms with Gasteiger partial charge in [0.1, 0.15) is 5.82 Å². The summed E-state index contributed by atoms with van der Waals surface area (Å²) in [5.41, 5.74) is 0.303. The fourth-order valence-corrected chi connectivity index (χ4v) is 2.07. The summed E-state index contributed by atoms with van der Waals surface area (Å²) in [6.45, 7) is 0.361. The summed E-state index contributed by atoms with van der Waals surface area (Å²) in [6, 6.07) is 4.19. The van der Waals surface area contributed by atoms with Crippen LogP contribution in [0.1, 0.15) is 10.4 Å². The van der Waals surface area contributed by atoms with Crippen molar-refractivity contribution in [1.82, 2.24) is 0 Å². The van der Waals surface area contributed by atoms with Gasteiger partial charge >= 0.3 is 0 Å². The lowest BCUT2D eigenvalue weighted by Crippen LogP contribution is -2.32. The smallest absolute Gasteiger partial charge is 0.299 e. The van der Waals surface area contributed by atoms with Crippen molar-refractivity contribution in [2.24, 2.45) is 0 Å². The number of hydrogen-bond donors (Lipinski definition) is 0. The van der Waals surface area contributed by atoms with Crippen LogP contribution < -0.4 is 4.90 Å². The molecule has 1 aliphatic heterocycles. The molecule has 5 heteroatoms. The van der Waals surface area contributed by atoms with Gasteiger partial charge in [-0.05, 0) is 18.4 Å². The molecule has 1 aliphatic rings. The molecule has 0 saturated heterocycles. The highest BCUT2D eigenvalue weighted by Gasteiger charge is 2.37. The first-order valence-electron chi connectivity index (χ1n) is 4.80. The van der Waals surface area contributed by atoms with Crippen LogP contribution in [0.4, 0.5) is 10.1 Å². The van der Waals surface area contributed by atoms with Crippen LogP contribution in [0.25, 0.3) is 0 Å². The zero-order valence-corrected chi connectivity index (χ0v) is 9.51. The number of rotatable bonds is 3. The van der Waals surface area contributed by atoms with E-state index in [0.29, 0.717) is 12.3 Å². The average Bonchev–Trinajstić information content (AvgIpc) is 2.52. The van der Waals surface area contributed by atoms with E-state index in [4.69, 9.17) is 0 Å². The van der Waals surface area contributed by atoms with Crippen molar-refractivity contribution in [2.75, 3.05) is 23.5 Å². The summed E-state index contributed by atoms with van der Waals surface area (Å²) in [5.74, 6) is -1.09. The summed E-state index contributed by atoms with van der Waals surface area (Å²) in [7, 11) is 0. The topological polar surface area (TPSA) is 37.4 Å². The Kier molecular flexibility index (Phi) is 2.96. The zero-order chi connectivity index (χ0) is 11.7. The summed E-state index contributed by atoms with van der Waals surface area (Å²) >= 11 is 1.54. The van der Waals surface area contributed by atoms with E-state index in [-0.39, 0.29) is 11.3 Å². The molecule has 0 bridgehead atoms. The Morgan fingerprint density at radius 3 is 2.81 bits per heavy atom. The Balaban J connectivity index is 2.43. The number of nitrogens with zero attached hydrogens (tertiary/aromatic N) is 1. The van der Waals surface area contributed by atoms with Crippen molar-refractivity contribution in [3.05, 3.63) is 29.6 Å². The predicted octanol–water partition coefficient (Wildman–Crippen LogP) is 1.72. The molecule has 0 N–H and O–H groups in total. The minimum atomic E-state index is -0.630. The number of halogens is 1. The van der Waals surface area contributed by atoms with Crippen LogP contribution in [0.15, 0.2) is 18.2 Å². The summed E-state index contributed by atoms with van der Waals surface area (Å²) in [5, 5.41) is 0. The average molecular weight is 239 g/mol. The standard InChI is InChI=1S/C11H10FNO2S/c1-16-6-5-13-9-7(10(14)11(13)15)3-2-4-8(9)12/h2-4H,5-6H2,1H3. The number of anilines is 1. The Hall–Kier alpha value is -1.36. The van der Waals surface area contributed by atoms with Crippen molar-refractivity contribution in [2.45, 2.75) is 0 Å². The van der Waals surface area contributed by atoms with Gasteiger partial charge in [-0.25, -0.2) is 4.39 Å². The molecule has 0 saturated carbocycles.